The molecule has 120 valence electrons. The Morgan fingerprint density at radius 1 is 1.09 bits per heavy atom. The molecule has 1 aliphatic carbocycles. The highest BCUT2D eigenvalue weighted by atomic mass is 15.3. The van der Waals surface area contributed by atoms with Crippen LogP contribution < -0.4 is 5.32 Å². The van der Waals surface area contributed by atoms with Crippen molar-refractivity contribution in [3.63, 3.8) is 0 Å². The standard InChI is InChI=1S/C19H29N3/c1-20-19(21-12-9-16-7-8-16)22-13-10-18(11-14-22)15-17-5-3-2-4-6-17/h2-6,16,18H,7-15H2,1H3,(H,20,21). The second-order valence-corrected chi connectivity index (χ2v) is 6.83. The molecule has 0 unspecified atom stereocenters. The highest BCUT2D eigenvalue weighted by Gasteiger charge is 2.23. The van der Waals surface area contributed by atoms with Gasteiger partial charge < -0.3 is 10.2 Å². The molecule has 1 saturated carbocycles. The molecule has 1 aliphatic heterocycles. The molecule has 3 rings (SSSR count). The minimum Gasteiger partial charge on any atom is -0.356 e. The molecule has 0 amide bonds. The van der Waals surface area contributed by atoms with Crippen molar-refractivity contribution < 1.29 is 0 Å². The zero-order valence-corrected chi connectivity index (χ0v) is 13.8. The number of hydrogen-bond acceptors (Lipinski definition) is 1. The van der Waals surface area contributed by atoms with E-state index in [4.69, 9.17) is 0 Å². The third kappa shape index (κ3) is 4.49. The molecule has 1 aromatic carbocycles. The highest BCUT2D eigenvalue weighted by molar-refractivity contribution is 5.79. The van der Waals surface area contributed by atoms with Crippen molar-refractivity contribution in [1.29, 1.82) is 0 Å². The molecule has 22 heavy (non-hydrogen) atoms. The van der Waals surface area contributed by atoms with Gasteiger partial charge in [0.2, 0.25) is 0 Å². The fourth-order valence-corrected chi connectivity index (χ4v) is 3.42. The van der Waals surface area contributed by atoms with E-state index in [9.17, 15) is 0 Å². The molecule has 1 N–H and O–H groups in total. The van der Waals surface area contributed by atoms with E-state index < -0.39 is 0 Å². The van der Waals surface area contributed by atoms with Crippen LogP contribution in [0.25, 0.3) is 0 Å². The van der Waals surface area contributed by atoms with Gasteiger partial charge in [-0.05, 0) is 43.1 Å². The fourth-order valence-electron chi connectivity index (χ4n) is 3.42. The summed E-state index contributed by atoms with van der Waals surface area (Å²) in [5.74, 6) is 2.92. The van der Waals surface area contributed by atoms with Gasteiger partial charge in [-0.3, -0.25) is 4.99 Å². The van der Waals surface area contributed by atoms with Crippen molar-refractivity contribution >= 4 is 5.96 Å². The predicted molar refractivity (Wildman–Crippen MR) is 93.1 cm³/mol. The molecular weight excluding hydrogens is 270 g/mol. The first-order chi connectivity index (χ1) is 10.8. The van der Waals surface area contributed by atoms with Gasteiger partial charge in [-0.2, -0.15) is 0 Å². The topological polar surface area (TPSA) is 27.6 Å². The van der Waals surface area contributed by atoms with Crippen molar-refractivity contribution in [2.75, 3.05) is 26.7 Å². The zero-order chi connectivity index (χ0) is 15.2. The molecule has 3 nitrogen and oxygen atoms in total. The van der Waals surface area contributed by atoms with Crippen LogP contribution in [0.4, 0.5) is 0 Å². The van der Waals surface area contributed by atoms with E-state index in [1.54, 1.807) is 0 Å². The Bertz CT molecular complexity index is 471. The summed E-state index contributed by atoms with van der Waals surface area (Å²) in [6, 6.07) is 10.9. The van der Waals surface area contributed by atoms with E-state index in [-0.39, 0.29) is 0 Å². The first kappa shape index (κ1) is 15.4. The van der Waals surface area contributed by atoms with Gasteiger partial charge in [0.05, 0.1) is 0 Å². The Kier molecular flexibility index (Phi) is 5.36. The molecule has 0 atom stereocenters. The third-order valence-electron chi connectivity index (χ3n) is 5.03. The average Bonchev–Trinajstić information content (AvgIpc) is 3.38. The van der Waals surface area contributed by atoms with Crippen LogP contribution in [0, 0.1) is 11.8 Å². The lowest BCUT2D eigenvalue weighted by Gasteiger charge is -2.34. The summed E-state index contributed by atoms with van der Waals surface area (Å²) in [6.45, 7) is 3.36. The van der Waals surface area contributed by atoms with E-state index in [1.807, 2.05) is 7.05 Å². The number of guanidine groups is 1. The van der Waals surface area contributed by atoms with Crippen LogP contribution in [0.1, 0.15) is 37.7 Å². The molecule has 3 heteroatoms. The van der Waals surface area contributed by atoms with Gasteiger partial charge in [0.25, 0.3) is 0 Å². The van der Waals surface area contributed by atoms with Gasteiger partial charge in [0.1, 0.15) is 0 Å². The summed E-state index contributed by atoms with van der Waals surface area (Å²) in [7, 11) is 1.91. The van der Waals surface area contributed by atoms with Crippen molar-refractivity contribution in [3.05, 3.63) is 35.9 Å². The minimum atomic E-state index is 0.822. The van der Waals surface area contributed by atoms with Crippen LogP contribution in [0.3, 0.4) is 0 Å². The molecule has 2 fully saturated rings. The lowest BCUT2D eigenvalue weighted by Crippen LogP contribution is -2.46. The minimum absolute atomic E-state index is 0.822. The molecule has 0 radical (unpaired) electrons. The van der Waals surface area contributed by atoms with E-state index in [0.717, 1.165) is 37.4 Å². The van der Waals surface area contributed by atoms with Gasteiger partial charge in [-0.15, -0.1) is 0 Å². The quantitative estimate of drug-likeness (QED) is 0.667. The van der Waals surface area contributed by atoms with Crippen LogP contribution >= 0.6 is 0 Å². The Morgan fingerprint density at radius 3 is 2.45 bits per heavy atom. The maximum absolute atomic E-state index is 4.47. The third-order valence-corrected chi connectivity index (χ3v) is 5.03. The molecule has 1 aromatic rings. The van der Waals surface area contributed by atoms with Gasteiger partial charge in [0.15, 0.2) is 5.96 Å². The molecular formula is C19H29N3. The predicted octanol–water partition coefficient (Wildman–Crippen LogP) is 3.32. The number of likely N-dealkylation sites (tertiary alicyclic amines) is 1. The fraction of sp³-hybridized carbons (Fsp3) is 0.632. The Labute approximate surface area is 134 Å². The van der Waals surface area contributed by atoms with Crippen molar-refractivity contribution in [3.8, 4) is 0 Å². The summed E-state index contributed by atoms with van der Waals surface area (Å²) in [4.78, 5) is 6.91. The first-order valence-electron chi connectivity index (χ1n) is 8.84. The average molecular weight is 299 g/mol. The largest absolute Gasteiger partial charge is 0.356 e. The van der Waals surface area contributed by atoms with Crippen LogP contribution in [0.2, 0.25) is 0 Å². The number of hydrogen-bond donors (Lipinski definition) is 1. The van der Waals surface area contributed by atoms with Gasteiger partial charge >= 0.3 is 0 Å². The summed E-state index contributed by atoms with van der Waals surface area (Å²) in [5.41, 5.74) is 1.48. The highest BCUT2D eigenvalue weighted by Crippen LogP contribution is 2.31. The summed E-state index contributed by atoms with van der Waals surface area (Å²) >= 11 is 0. The Balaban J connectivity index is 1.41. The Hall–Kier alpha value is -1.51. The van der Waals surface area contributed by atoms with Crippen LogP contribution in [0.15, 0.2) is 35.3 Å². The Morgan fingerprint density at radius 2 is 1.82 bits per heavy atom. The second kappa shape index (κ2) is 7.66. The van der Waals surface area contributed by atoms with Crippen molar-refractivity contribution in [1.82, 2.24) is 10.2 Å². The molecule has 2 aliphatic rings. The van der Waals surface area contributed by atoms with Crippen molar-refractivity contribution in [2.24, 2.45) is 16.8 Å². The second-order valence-electron chi connectivity index (χ2n) is 6.83. The van der Waals surface area contributed by atoms with Crippen LogP contribution in [-0.4, -0.2) is 37.5 Å². The maximum atomic E-state index is 4.47. The smallest absolute Gasteiger partial charge is 0.193 e. The number of nitrogens with one attached hydrogen (secondary N) is 1. The molecule has 1 heterocycles. The van der Waals surface area contributed by atoms with Gasteiger partial charge in [-0.25, -0.2) is 0 Å². The molecule has 0 spiro atoms. The summed E-state index contributed by atoms with van der Waals surface area (Å²) < 4.78 is 0. The van der Waals surface area contributed by atoms with Gasteiger partial charge in [-0.1, -0.05) is 43.2 Å². The van der Waals surface area contributed by atoms with E-state index in [0.29, 0.717) is 0 Å². The van der Waals surface area contributed by atoms with Crippen LogP contribution in [-0.2, 0) is 6.42 Å². The van der Waals surface area contributed by atoms with E-state index in [1.165, 1.54) is 44.1 Å². The molecule has 0 bridgehead atoms. The number of aliphatic imine (C=N–C) groups is 1. The zero-order valence-electron chi connectivity index (χ0n) is 13.8. The van der Waals surface area contributed by atoms with Crippen molar-refractivity contribution in [2.45, 2.75) is 38.5 Å². The molecule has 0 aromatic heterocycles. The number of nitrogens with zero attached hydrogens (tertiary/aromatic N) is 2. The van der Waals surface area contributed by atoms with Crippen LogP contribution in [0.5, 0.6) is 0 Å². The summed E-state index contributed by atoms with van der Waals surface area (Å²) in [6.07, 6.45) is 7.96. The molecule has 1 saturated heterocycles. The van der Waals surface area contributed by atoms with E-state index in [2.05, 4.69) is 45.5 Å². The van der Waals surface area contributed by atoms with Gasteiger partial charge in [0, 0.05) is 26.7 Å². The monoisotopic (exact) mass is 299 g/mol. The first-order valence-corrected chi connectivity index (χ1v) is 8.84. The number of piperidine rings is 1. The lowest BCUT2D eigenvalue weighted by atomic mass is 9.90. The normalized spacial score (nSPS) is 20.2. The summed E-state index contributed by atoms with van der Waals surface area (Å²) in [5, 5.41) is 3.55. The maximum Gasteiger partial charge on any atom is 0.193 e. The number of rotatable bonds is 5. The SMILES string of the molecule is CN=C(NCCC1CC1)N1CCC(Cc2ccccc2)CC1. The lowest BCUT2D eigenvalue weighted by molar-refractivity contribution is 0.259. The number of benzene rings is 1. The van der Waals surface area contributed by atoms with E-state index >= 15 is 0 Å².